The van der Waals surface area contributed by atoms with Gasteiger partial charge in [0, 0.05) is 0 Å². The molecule has 0 bridgehead atoms. The van der Waals surface area contributed by atoms with E-state index in [1.807, 2.05) is 32.9 Å². The lowest BCUT2D eigenvalue weighted by Crippen LogP contribution is -2.12. The highest BCUT2D eigenvalue weighted by atomic mass is 32.2. The van der Waals surface area contributed by atoms with Crippen LogP contribution in [-0.4, -0.2) is 13.4 Å². The molecule has 1 aromatic heterocycles. The highest BCUT2D eigenvalue weighted by Gasteiger charge is 2.16. The molecule has 0 spiro atoms. The van der Waals surface area contributed by atoms with Gasteiger partial charge in [-0.05, 0) is 56.2 Å². The van der Waals surface area contributed by atoms with Crippen molar-refractivity contribution < 1.29 is 8.42 Å². The van der Waals surface area contributed by atoms with E-state index in [0.717, 1.165) is 21.3 Å². The number of benzene rings is 2. The maximum absolute atomic E-state index is 12.4. The van der Waals surface area contributed by atoms with Crippen molar-refractivity contribution in [3.63, 3.8) is 0 Å². The summed E-state index contributed by atoms with van der Waals surface area (Å²) >= 11 is 1.34. The molecular formula is C16H16N2O2S2. The Labute approximate surface area is 133 Å². The van der Waals surface area contributed by atoms with Gasteiger partial charge in [-0.1, -0.05) is 29.0 Å². The van der Waals surface area contributed by atoms with Gasteiger partial charge in [0.05, 0.1) is 15.1 Å². The highest BCUT2D eigenvalue weighted by molar-refractivity contribution is 7.93. The first-order valence-electron chi connectivity index (χ1n) is 6.82. The third-order valence-electron chi connectivity index (χ3n) is 3.56. The van der Waals surface area contributed by atoms with Gasteiger partial charge in [0.1, 0.15) is 0 Å². The first kappa shape index (κ1) is 15.0. The second-order valence-electron chi connectivity index (χ2n) is 5.34. The zero-order valence-electron chi connectivity index (χ0n) is 12.5. The number of nitrogens with zero attached hydrogens (tertiary/aromatic N) is 1. The van der Waals surface area contributed by atoms with Crippen LogP contribution in [0.25, 0.3) is 10.2 Å². The SMILES string of the molecule is Cc1ccc(S(=O)(=O)Nc2nc3cc(C)c(C)cc3s2)cc1. The van der Waals surface area contributed by atoms with Crippen LogP contribution in [0.15, 0.2) is 41.3 Å². The van der Waals surface area contributed by atoms with Gasteiger partial charge >= 0.3 is 0 Å². The number of anilines is 1. The second kappa shape index (κ2) is 5.37. The van der Waals surface area contributed by atoms with Crippen LogP contribution in [0.5, 0.6) is 0 Å². The largest absolute Gasteiger partial charge is 0.263 e. The topological polar surface area (TPSA) is 59.1 Å². The van der Waals surface area contributed by atoms with Crippen molar-refractivity contribution in [1.29, 1.82) is 0 Å². The average Bonchev–Trinajstić information content (AvgIpc) is 2.80. The van der Waals surface area contributed by atoms with Crippen LogP contribution in [0, 0.1) is 20.8 Å². The lowest BCUT2D eigenvalue weighted by molar-refractivity contribution is 0.601. The monoisotopic (exact) mass is 332 g/mol. The molecule has 0 amide bonds. The van der Waals surface area contributed by atoms with Crippen molar-refractivity contribution in [2.24, 2.45) is 0 Å². The van der Waals surface area contributed by atoms with Crippen molar-refractivity contribution in [3.8, 4) is 0 Å². The number of sulfonamides is 1. The summed E-state index contributed by atoms with van der Waals surface area (Å²) in [5, 5.41) is 0.389. The molecule has 0 aliphatic rings. The molecule has 0 atom stereocenters. The molecule has 0 fully saturated rings. The van der Waals surface area contributed by atoms with Gasteiger partial charge in [0.25, 0.3) is 10.0 Å². The molecule has 0 radical (unpaired) electrons. The lowest BCUT2D eigenvalue weighted by atomic mass is 10.1. The molecule has 0 unspecified atom stereocenters. The number of hydrogen-bond acceptors (Lipinski definition) is 4. The van der Waals surface area contributed by atoms with E-state index in [-0.39, 0.29) is 4.90 Å². The Morgan fingerprint density at radius 1 is 1.00 bits per heavy atom. The van der Waals surface area contributed by atoms with Crippen molar-refractivity contribution in [1.82, 2.24) is 4.98 Å². The molecule has 1 N–H and O–H groups in total. The van der Waals surface area contributed by atoms with Gasteiger partial charge in [-0.15, -0.1) is 0 Å². The molecule has 3 aromatic rings. The average molecular weight is 332 g/mol. The summed E-state index contributed by atoms with van der Waals surface area (Å²) in [5.41, 5.74) is 4.15. The Morgan fingerprint density at radius 3 is 2.32 bits per heavy atom. The Balaban J connectivity index is 1.96. The van der Waals surface area contributed by atoms with Crippen LogP contribution >= 0.6 is 11.3 Å². The smallest absolute Gasteiger partial charge is 0.255 e. The molecular weight excluding hydrogens is 316 g/mol. The molecule has 0 saturated carbocycles. The van der Waals surface area contributed by atoms with Crippen molar-refractivity contribution in [3.05, 3.63) is 53.1 Å². The van der Waals surface area contributed by atoms with E-state index in [1.165, 1.54) is 16.9 Å². The first-order valence-corrected chi connectivity index (χ1v) is 9.12. The third kappa shape index (κ3) is 2.84. The number of rotatable bonds is 3. The van der Waals surface area contributed by atoms with Crippen LogP contribution < -0.4 is 4.72 Å². The van der Waals surface area contributed by atoms with E-state index in [9.17, 15) is 8.42 Å². The third-order valence-corrected chi connectivity index (χ3v) is 5.97. The van der Waals surface area contributed by atoms with Crippen molar-refractivity contribution >= 4 is 36.7 Å². The van der Waals surface area contributed by atoms with Crippen LogP contribution in [-0.2, 0) is 10.0 Å². The van der Waals surface area contributed by atoms with E-state index >= 15 is 0 Å². The van der Waals surface area contributed by atoms with E-state index < -0.39 is 10.0 Å². The Morgan fingerprint density at radius 2 is 1.64 bits per heavy atom. The van der Waals surface area contributed by atoms with Crippen LogP contribution in [0.4, 0.5) is 5.13 Å². The molecule has 6 heteroatoms. The van der Waals surface area contributed by atoms with E-state index in [1.54, 1.807) is 24.3 Å². The molecule has 2 aromatic carbocycles. The molecule has 0 aliphatic carbocycles. The zero-order valence-corrected chi connectivity index (χ0v) is 14.2. The number of aryl methyl sites for hydroxylation is 3. The van der Waals surface area contributed by atoms with Crippen molar-refractivity contribution in [2.45, 2.75) is 25.7 Å². The van der Waals surface area contributed by atoms with Gasteiger partial charge in [0.15, 0.2) is 5.13 Å². The summed E-state index contributed by atoms with van der Waals surface area (Å²) in [5.74, 6) is 0. The normalized spacial score (nSPS) is 11.8. The highest BCUT2D eigenvalue weighted by Crippen LogP contribution is 2.29. The Kier molecular flexibility index (Phi) is 3.66. The standard InChI is InChI=1S/C16H16N2O2S2/c1-10-4-6-13(7-5-10)22(19,20)18-16-17-14-8-11(2)12(3)9-15(14)21-16/h4-9H,1-3H3,(H,17,18). The molecule has 0 saturated heterocycles. The number of aromatic nitrogens is 1. The predicted octanol–water partition coefficient (Wildman–Crippen LogP) is 4.02. The van der Waals surface area contributed by atoms with E-state index in [0.29, 0.717) is 5.13 Å². The molecule has 22 heavy (non-hydrogen) atoms. The van der Waals surface area contributed by atoms with E-state index in [4.69, 9.17) is 0 Å². The van der Waals surface area contributed by atoms with Gasteiger partial charge in [0.2, 0.25) is 0 Å². The lowest BCUT2D eigenvalue weighted by Gasteiger charge is -2.04. The minimum atomic E-state index is -3.60. The molecule has 114 valence electrons. The Bertz CT molecular complexity index is 903. The fraction of sp³-hybridized carbons (Fsp3) is 0.188. The summed E-state index contributed by atoms with van der Waals surface area (Å²) in [6, 6.07) is 10.8. The van der Waals surface area contributed by atoms with Crippen molar-refractivity contribution in [2.75, 3.05) is 4.72 Å². The molecule has 1 heterocycles. The fourth-order valence-electron chi connectivity index (χ4n) is 2.11. The number of hydrogen-bond donors (Lipinski definition) is 1. The zero-order chi connectivity index (χ0) is 15.9. The summed E-state index contributed by atoms with van der Waals surface area (Å²) in [6.07, 6.45) is 0. The fourth-order valence-corrected chi connectivity index (χ4v) is 4.30. The van der Waals surface area contributed by atoms with Crippen LogP contribution in [0.2, 0.25) is 0 Å². The second-order valence-corrected chi connectivity index (χ2v) is 8.05. The van der Waals surface area contributed by atoms with Gasteiger partial charge in [-0.2, -0.15) is 0 Å². The molecule has 0 aliphatic heterocycles. The number of nitrogens with one attached hydrogen (secondary N) is 1. The first-order chi connectivity index (χ1) is 10.3. The van der Waals surface area contributed by atoms with Gasteiger partial charge in [-0.3, -0.25) is 4.72 Å². The quantitative estimate of drug-likeness (QED) is 0.788. The summed E-state index contributed by atoms with van der Waals surface area (Å²) < 4.78 is 28.3. The maximum Gasteiger partial charge on any atom is 0.263 e. The number of thiazole rings is 1. The summed E-state index contributed by atoms with van der Waals surface area (Å²) in [4.78, 5) is 4.61. The van der Waals surface area contributed by atoms with Crippen LogP contribution in [0.3, 0.4) is 0 Å². The number of fused-ring (bicyclic) bond motifs is 1. The summed E-state index contributed by atoms with van der Waals surface area (Å²) in [7, 11) is -3.60. The van der Waals surface area contributed by atoms with Gasteiger partial charge in [-0.25, -0.2) is 13.4 Å². The Hall–Kier alpha value is -1.92. The minimum absolute atomic E-state index is 0.240. The molecule has 3 rings (SSSR count). The van der Waals surface area contributed by atoms with E-state index in [2.05, 4.69) is 9.71 Å². The predicted molar refractivity (Wildman–Crippen MR) is 91.1 cm³/mol. The van der Waals surface area contributed by atoms with Gasteiger partial charge < -0.3 is 0 Å². The van der Waals surface area contributed by atoms with Crippen LogP contribution in [0.1, 0.15) is 16.7 Å². The minimum Gasteiger partial charge on any atom is -0.255 e. The molecule has 4 nitrogen and oxygen atoms in total. The maximum atomic E-state index is 12.4. The summed E-state index contributed by atoms with van der Waals surface area (Å²) in [6.45, 7) is 5.97.